The van der Waals surface area contributed by atoms with Crippen LogP contribution in [0.2, 0.25) is 0 Å². The maximum Gasteiger partial charge on any atom is 0.410 e. The van der Waals surface area contributed by atoms with Crippen molar-refractivity contribution in [2.24, 2.45) is 11.8 Å². The van der Waals surface area contributed by atoms with Crippen molar-refractivity contribution in [2.45, 2.75) is 71.2 Å². The van der Waals surface area contributed by atoms with Crippen LogP contribution in [0.5, 0.6) is 0 Å². The number of hydrazine groups is 1. The Labute approximate surface area is 167 Å². The Morgan fingerprint density at radius 2 is 1.93 bits per heavy atom. The lowest BCUT2D eigenvalue weighted by molar-refractivity contribution is -0.142. The van der Waals surface area contributed by atoms with E-state index in [4.69, 9.17) is 4.74 Å². The number of hydrogen-bond donors (Lipinski definition) is 1. The molecule has 0 bridgehead atoms. The molecule has 1 N–H and O–H groups in total. The molecule has 2 amide bonds. The molecule has 8 heteroatoms. The summed E-state index contributed by atoms with van der Waals surface area (Å²) in [7, 11) is 0. The highest BCUT2D eigenvalue weighted by Crippen LogP contribution is 2.39. The third kappa shape index (κ3) is 4.43. The minimum atomic E-state index is -0.352. The van der Waals surface area contributed by atoms with Crippen molar-refractivity contribution in [3.63, 3.8) is 0 Å². The van der Waals surface area contributed by atoms with E-state index in [-0.39, 0.29) is 42.9 Å². The Morgan fingerprint density at radius 3 is 2.57 bits per heavy atom. The molecule has 3 rings (SSSR count). The lowest BCUT2D eigenvalue weighted by Gasteiger charge is -2.54. The second-order valence-electron chi connectivity index (χ2n) is 8.83. The Kier molecular flexibility index (Phi) is 6.81. The number of hydrogen-bond acceptors (Lipinski definition) is 5. The third-order valence-corrected chi connectivity index (χ3v) is 6.50. The summed E-state index contributed by atoms with van der Waals surface area (Å²) < 4.78 is 18.2. The molecule has 0 spiro atoms. The summed E-state index contributed by atoms with van der Waals surface area (Å²) in [6.07, 6.45) is 2.35. The zero-order valence-electron chi connectivity index (χ0n) is 17.6. The van der Waals surface area contributed by atoms with Gasteiger partial charge in [0.25, 0.3) is 0 Å². The first-order valence-electron chi connectivity index (χ1n) is 10.6. The van der Waals surface area contributed by atoms with Crippen molar-refractivity contribution in [1.82, 2.24) is 20.2 Å². The third-order valence-electron chi connectivity index (χ3n) is 6.50. The van der Waals surface area contributed by atoms with Gasteiger partial charge >= 0.3 is 6.09 Å². The fourth-order valence-corrected chi connectivity index (χ4v) is 5.35. The van der Waals surface area contributed by atoms with Crippen LogP contribution >= 0.6 is 0 Å². The van der Waals surface area contributed by atoms with Crippen LogP contribution in [-0.2, 0) is 9.53 Å². The zero-order chi connectivity index (χ0) is 20.4. The number of halogens is 1. The van der Waals surface area contributed by atoms with Gasteiger partial charge in [0.1, 0.15) is 6.67 Å². The van der Waals surface area contributed by atoms with E-state index in [1.807, 2.05) is 35.6 Å². The number of alkyl halides is 1. The molecule has 7 nitrogen and oxygen atoms in total. The van der Waals surface area contributed by atoms with Crippen molar-refractivity contribution in [3.05, 3.63) is 0 Å². The maximum absolute atomic E-state index is 12.8. The summed E-state index contributed by atoms with van der Waals surface area (Å²) >= 11 is 0. The molecular weight excluding hydrogens is 363 g/mol. The summed E-state index contributed by atoms with van der Waals surface area (Å²) in [6, 6.07) is 0.0250. The topological polar surface area (TPSA) is 65.1 Å². The van der Waals surface area contributed by atoms with Gasteiger partial charge in [-0.2, -0.15) is 0 Å². The van der Waals surface area contributed by atoms with Crippen molar-refractivity contribution in [2.75, 3.05) is 32.9 Å². The van der Waals surface area contributed by atoms with E-state index in [0.29, 0.717) is 24.9 Å². The highest BCUT2D eigenvalue weighted by atomic mass is 19.1. The minimum Gasteiger partial charge on any atom is -0.447 e. The summed E-state index contributed by atoms with van der Waals surface area (Å²) in [4.78, 5) is 28.9. The van der Waals surface area contributed by atoms with Crippen molar-refractivity contribution < 1.29 is 18.7 Å². The normalized spacial score (nSPS) is 33.9. The number of rotatable bonds is 4. The fourth-order valence-electron chi connectivity index (χ4n) is 5.35. The van der Waals surface area contributed by atoms with Gasteiger partial charge in [-0.05, 0) is 51.9 Å². The van der Waals surface area contributed by atoms with E-state index in [0.717, 1.165) is 32.4 Å². The van der Waals surface area contributed by atoms with Gasteiger partial charge < -0.3 is 14.5 Å². The molecule has 0 radical (unpaired) electrons. The Bertz CT molecular complexity index is 576. The van der Waals surface area contributed by atoms with Crippen LogP contribution < -0.4 is 5.43 Å². The fraction of sp³-hybridized carbons (Fsp3) is 0.900. The van der Waals surface area contributed by atoms with Gasteiger partial charge in [0.05, 0.1) is 18.2 Å². The van der Waals surface area contributed by atoms with Gasteiger partial charge in [0.2, 0.25) is 5.91 Å². The van der Waals surface area contributed by atoms with E-state index in [2.05, 4.69) is 5.43 Å². The van der Waals surface area contributed by atoms with Crippen LogP contribution in [0.25, 0.3) is 0 Å². The van der Waals surface area contributed by atoms with Gasteiger partial charge in [-0.1, -0.05) is 0 Å². The lowest BCUT2D eigenvalue weighted by Crippen LogP contribution is -2.67. The molecule has 3 fully saturated rings. The minimum absolute atomic E-state index is 0.0109. The standard InChI is InChI=1S/C20H35FN4O3/c1-13(2)28-20(27)24-11-14(3)25(15(4)26)18-6-5-16(9-19(18)24)17-10-22-23(12-17)8-7-21/h13-14,16-19,22H,5-12H2,1-4H3/t14-,16?,17?,18?,19?/m0/s1. The number of carbonyl (C=O) groups excluding carboxylic acids is 2. The molecule has 0 aromatic rings. The maximum atomic E-state index is 12.8. The van der Waals surface area contributed by atoms with Gasteiger partial charge in [0.15, 0.2) is 0 Å². The molecule has 5 atom stereocenters. The molecule has 2 saturated heterocycles. The molecular formula is C20H35FN4O3. The Balaban J connectivity index is 1.75. The molecule has 28 heavy (non-hydrogen) atoms. The highest BCUT2D eigenvalue weighted by molar-refractivity contribution is 5.75. The van der Waals surface area contributed by atoms with E-state index in [1.165, 1.54) is 0 Å². The molecule has 1 saturated carbocycles. The zero-order valence-corrected chi connectivity index (χ0v) is 17.6. The molecule has 160 valence electrons. The van der Waals surface area contributed by atoms with Crippen LogP contribution in [-0.4, -0.2) is 83.9 Å². The average Bonchev–Trinajstić information content (AvgIpc) is 3.08. The monoisotopic (exact) mass is 398 g/mol. The van der Waals surface area contributed by atoms with Crippen molar-refractivity contribution >= 4 is 12.0 Å². The summed E-state index contributed by atoms with van der Waals surface area (Å²) in [5.41, 5.74) is 3.29. The van der Waals surface area contributed by atoms with Crippen LogP contribution in [0.1, 0.15) is 47.0 Å². The van der Waals surface area contributed by atoms with Crippen molar-refractivity contribution in [3.8, 4) is 0 Å². The number of nitrogens with zero attached hydrogens (tertiary/aromatic N) is 3. The van der Waals surface area contributed by atoms with Crippen LogP contribution in [0, 0.1) is 11.8 Å². The number of carbonyl (C=O) groups is 2. The van der Waals surface area contributed by atoms with E-state index in [1.54, 1.807) is 6.92 Å². The molecule has 2 heterocycles. The number of ether oxygens (including phenoxy) is 1. The van der Waals surface area contributed by atoms with Gasteiger partial charge in [-0.15, -0.1) is 0 Å². The largest absolute Gasteiger partial charge is 0.447 e. The number of amides is 2. The van der Waals surface area contributed by atoms with Crippen LogP contribution in [0.15, 0.2) is 0 Å². The summed E-state index contributed by atoms with van der Waals surface area (Å²) in [6.45, 7) is 9.62. The van der Waals surface area contributed by atoms with E-state index >= 15 is 0 Å². The Hall–Kier alpha value is -1.41. The number of piperazine rings is 1. The first kappa shape index (κ1) is 21.3. The Morgan fingerprint density at radius 1 is 1.18 bits per heavy atom. The number of fused-ring (bicyclic) bond motifs is 1. The summed E-state index contributed by atoms with van der Waals surface area (Å²) in [5.74, 6) is 0.977. The smallest absolute Gasteiger partial charge is 0.410 e. The SMILES string of the molecule is CC(=O)N1C2CCC(C3CNN(CCF)C3)CC2N(C(=O)OC(C)C)C[C@@H]1C. The van der Waals surface area contributed by atoms with Gasteiger partial charge in [0, 0.05) is 39.1 Å². The summed E-state index contributed by atoms with van der Waals surface area (Å²) in [5, 5.41) is 1.96. The quantitative estimate of drug-likeness (QED) is 0.785. The predicted molar refractivity (Wildman–Crippen MR) is 104 cm³/mol. The molecule has 0 aromatic carbocycles. The molecule has 2 aliphatic heterocycles. The average molecular weight is 399 g/mol. The van der Waals surface area contributed by atoms with Crippen LogP contribution in [0.4, 0.5) is 9.18 Å². The molecule has 4 unspecified atom stereocenters. The first-order valence-corrected chi connectivity index (χ1v) is 10.6. The first-order chi connectivity index (χ1) is 13.3. The lowest BCUT2D eigenvalue weighted by atomic mass is 9.73. The van der Waals surface area contributed by atoms with Crippen LogP contribution in [0.3, 0.4) is 0 Å². The van der Waals surface area contributed by atoms with Crippen molar-refractivity contribution in [1.29, 1.82) is 0 Å². The molecule has 1 aliphatic carbocycles. The van der Waals surface area contributed by atoms with Gasteiger partial charge in [-0.25, -0.2) is 14.2 Å². The molecule has 0 aromatic heterocycles. The second-order valence-corrected chi connectivity index (χ2v) is 8.83. The number of nitrogens with one attached hydrogen (secondary N) is 1. The highest BCUT2D eigenvalue weighted by Gasteiger charge is 2.48. The molecule has 3 aliphatic rings. The van der Waals surface area contributed by atoms with E-state index in [9.17, 15) is 14.0 Å². The van der Waals surface area contributed by atoms with Gasteiger partial charge in [-0.3, -0.25) is 10.2 Å². The predicted octanol–water partition coefficient (Wildman–Crippen LogP) is 2.03. The van der Waals surface area contributed by atoms with E-state index < -0.39 is 0 Å². The second kappa shape index (κ2) is 8.95.